The smallest absolute Gasteiger partial charge is 0.322 e. The lowest BCUT2D eigenvalue weighted by molar-refractivity contribution is -0.135. The second kappa shape index (κ2) is 11.0. The summed E-state index contributed by atoms with van der Waals surface area (Å²) in [7, 11) is 0. The summed E-state index contributed by atoms with van der Waals surface area (Å²) in [5.74, 6) is 0.655. The zero-order chi connectivity index (χ0) is 23.9. The maximum Gasteiger partial charge on any atom is 0.322 e. The Morgan fingerprint density at radius 1 is 1.18 bits per heavy atom. The predicted molar refractivity (Wildman–Crippen MR) is 136 cm³/mol. The number of para-hydroxylation sites is 1. The molecule has 4 rings (SSSR count). The van der Waals surface area contributed by atoms with Gasteiger partial charge >= 0.3 is 6.03 Å². The summed E-state index contributed by atoms with van der Waals surface area (Å²) >= 11 is 1.71. The maximum absolute atomic E-state index is 13.5. The normalized spacial score (nSPS) is 14.7. The number of aryl methyl sites for hydroxylation is 1. The highest BCUT2D eigenvalue weighted by atomic mass is 32.1. The zero-order valence-corrected chi connectivity index (χ0v) is 20.1. The van der Waals surface area contributed by atoms with Gasteiger partial charge in [-0.1, -0.05) is 42.0 Å². The summed E-state index contributed by atoms with van der Waals surface area (Å²) in [6.07, 6.45) is 2.43. The van der Waals surface area contributed by atoms with E-state index in [-0.39, 0.29) is 31.1 Å². The van der Waals surface area contributed by atoms with Gasteiger partial charge < -0.3 is 19.9 Å². The van der Waals surface area contributed by atoms with E-state index >= 15 is 0 Å². The quantitative estimate of drug-likeness (QED) is 0.451. The monoisotopic (exact) mass is 475 g/mol. The van der Waals surface area contributed by atoms with Gasteiger partial charge in [-0.15, -0.1) is 17.9 Å². The van der Waals surface area contributed by atoms with Crippen molar-refractivity contribution in [2.24, 2.45) is 0 Å². The third-order valence-electron chi connectivity index (χ3n) is 5.83. The molecular weight excluding hydrogens is 446 g/mol. The highest BCUT2D eigenvalue weighted by Gasteiger charge is 2.33. The highest BCUT2D eigenvalue weighted by Crippen LogP contribution is 2.34. The van der Waals surface area contributed by atoms with Gasteiger partial charge in [-0.3, -0.25) is 4.79 Å². The van der Waals surface area contributed by atoms with Crippen molar-refractivity contribution in [2.45, 2.75) is 19.4 Å². The summed E-state index contributed by atoms with van der Waals surface area (Å²) in [5, 5.41) is 4.94. The minimum absolute atomic E-state index is 0.0367. The van der Waals surface area contributed by atoms with E-state index in [1.54, 1.807) is 17.4 Å². The largest absolute Gasteiger partial charge is 0.491 e. The molecule has 3 amide bonds. The molecule has 0 bridgehead atoms. The first kappa shape index (κ1) is 23.6. The van der Waals surface area contributed by atoms with E-state index in [9.17, 15) is 9.59 Å². The molecule has 0 unspecified atom stereocenters. The van der Waals surface area contributed by atoms with Crippen LogP contribution in [0.4, 0.5) is 10.5 Å². The molecule has 0 fully saturated rings. The van der Waals surface area contributed by atoms with Crippen LogP contribution in [-0.4, -0.2) is 48.0 Å². The van der Waals surface area contributed by atoms with E-state index in [0.29, 0.717) is 18.8 Å². The number of urea groups is 1. The van der Waals surface area contributed by atoms with Crippen LogP contribution >= 0.6 is 11.3 Å². The van der Waals surface area contributed by atoms with Crippen molar-refractivity contribution in [3.05, 3.63) is 94.7 Å². The molecule has 34 heavy (non-hydrogen) atoms. The number of anilines is 1. The molecule has 1 aliphatic heterocycles. The molecule has 6 nitrogen and oxygen atoms in total. The standard InChI is InChI=1S/C27H29N3O3S/c1-3-15-29(27(32)28-21-11-9-20(2)10-12-21)18-26(31)30-16-13-25-23(14-17-34-25)24(30)19-33-22-7-5-4-6-8-22/h3-12,14,17,24H,1,13,15-16,18-19H2,2H3,(H,28,32)/t24-/m1/s1. The van der Waals surface area contributed by atoms with Crippen LogP contribution in [0.1, 0.15) is 22.0 Å². The van der Waals surface area contributed by atoms with Crippen LogP contribution in [0.2, 0.25) is 0 Å². The third-order valence-corrected chi connectivity index (χ3v) is 6.83. The Kier molecular flexibility index (Phi) is 7.65. The first-order chi connectivity index (χ1) is 16.5. The Bertz CT molecular complexity index is 1130. The van der Waals surface area contributed by atoms with Crippen molar-refractivity contribution < 1.29 is 14.3 Å². The molecule has 0 spiro atoms. The Balaban J connectivity index is 1.47. The van der Waals surface area contributed by atoms with Gasteiger partial charge in [0.1, 0.15) is 18.9 Å². The number of hydrogen-bond acceptors (Lipinski definition) is 4. The molecule has 7 heteroatoms. The molecule has 2 aromatic carbocycles. The Labute approximate surface area is 204 Å². The van der Waals surface area contributed by atoms with Crippen molar-refractivity contribution in [3.63, 3.8) is 0 Å². The number of rotatable bonds is 8. The van der Waals surface area contributed by atoms with Gasteiger partial charge in [0.05, 0.1) is 6.04 Å². The van der Waals surface area contributed by atoms with Crippen molar-refractivity contribution in [3.8, 4) is 5.75 Å². The molecule has 0 saturated heterocycles. The molecule has 1 aromatic heterocycles. The lowest BCUT2D eigenvalue weighted by Gasteiger charge is -2.37. The number of carbonyl (C=O) groups excluding carboxylic acids is 2. The summed E-state index contributed by atoms with van der Waals surface area (Å²) in [6, 6.07) is 18.7. The van der Waals surface area contributed by atoms with Crippen molar-refractivity contribution in [2.75, 3.05) is 31.6 Å². The van der Waals surface area contributed by atoms with Crippen molar-refractivity contribution in [1.82, 2.24) is 9.80 Å². The number of ether oxygens (including phenoxy) is 1. The number of hydrogen-bond donors (Lipinski definition) is 1. The molecule has 1 aliphatic rings. The summed E-state index contributed by atoms with van der Waals surface area (Å²) < 4.78 is 6.04. The number of benzene rings is 2. The first-order valence-corrected chi connectivity index (χ1v) is 12.2. The molecular formula is C27H29N3O3S. The van der Waals surface area contributed by atoms with E-state index in [1.165, 1.54) is 9.78 Å². The van der Waals surface area contributed by atoms with Crippen LogP contribution in [0.15, 0.2) is 78.7 Å². The number of nitrogens with zero attached hydrogens (tertiary/aromatic N) is 2. The van der Waals surface area contributed by atoms with Gasteiger partial charge in [0.25, 0.3) is 0 Å². The van der Waals surface area contributed by atoms with Crippen LogP contribution < -0.4 is 10.1 Å². The molecule has 176 valence electrons. The molecule has 0 saturated carbocycles. The molecule has 3 aromatic rings. The summed E-state index contributed by atoms with van der Waals surface area (Å²) in [6.45, 7) is 6.93. The van der Waals surface area contributed by atoms with Crippen LogP contribution in [0.5, 0.6) is 5.75 Å². The fourth-order valence-electron chi connectivity index (χ4n) is 4.04. The lowest BCUT2D eigenvalue weighted by Crippen LogP contribution is -2.48. The average Bonchev–Trinajstić information content (AvgIpc) is 3.33. The van der Waals surface area contributed by atoms with Crippen molar-refractivity contribution in [1.29, 1.82) is 0 Å². The maximum atomic E-state index is 13.5. The number of thiophene rings is 1. The van der Waals surface area contributed by atoms with Gasteiger partial charge in [-0.2, -0.15) is 0 Å². The van der Waals surface area contributed by atoms with E-state index in [0.717, 1.165) is 23.3 Å². The second-order valence-electron chi connectivity index (χ2n) is 8.24. The van der Waals surface area contributed by atoms with Gasteiger partial charge in [0.15, 0.2) is 0 Å². The Morgan fingerprint density at radius 3 is 2.68 bits per heavy atom. The molecule has 1 atom stereocenters. The van der Waals surface area contributed by atoms with Gasteiger partial charge in [-0.25, -0.2) is 4.79 Å². The molecule has 2 heterocycles. The highest BCUT2D eigenvalue weighted by molar-refractivity contribution is 7.10. The fraction of sp³-hybridized carbons (Fsp3) is 0.259. The topological polar surface area (TPSA) is 61.9 Å². The SMILES string of the molecule is C=CCN(CC(=O)N1CCc2sccc2[C@H]1COc1ccccc1)C(=O)Nc1ccc(C)cc1. The molecule has 1 N–H and O–H groups in total. The van der Waals surface area contributed by atoms with Crippen LogP contribution in [0.25, 0.3) is 0 Å². The van der Waals surface area contributed by atoms with Gasteiger partial charge in [0.2, 0.25) is 5.91 Å². The van der Waals surface area contributed by atoms with Gasteiger partial charge in [-0.05, 0) is 54.6 Å². The minimum atomic E-state index is -0.331. The van der Waals surface area contributed by atoms with Crippen LogP contribution in [0, 0.1) is 6.92 Å². The Hall–Kier alpha value is -3.58. The van der Waals surface area contributed by atoms with Crippen LogP contribution in [0.3, 0.4) is 0 Å². The van der Waals surface area contributed by atoms with E-state index in [4.69, 9.17) is 4.74 Å². The number of carbonyl (C=O) groups is 2. The fourth-order valence-corrected chi connectivity index (χ4v) is 4.96. The molecule has 0 radical (unpaired) electrons. The first-order valence-electron chi connectivity index (χ1n) is 11.3. The summed E-state index contributed by atoms with van der Waals surface area (Å²) in [4.78, 5) is 31.0. The third kappa shape index (κ3) is 5.66. The van der Waals surface area contributed by atoms with E-state index < -0.39 is 0 Å². The second-order valence-corrected chi connectivity index (χ2v) is 9.24. The average molecular weight is 476 g/mol. The van der Waals surface area contributed by atoms with E-state index in [1.807, 2.05) is 66.4 Å². The Morgan fingerprint density at radius 2 is 1.94 bits per heavy atom. The number of fused-ring (bicyclic) bond motifs is 1. The van der Waals surface area contributed by atoms with Crippen molar-refractivity contribution >= 4 is 29.0 Å². The minimum Gasteiger partial charge on any atom is -0.491 e. The lowest BCUT2D eigenvalue weighted by atomic mass is 10.0. The van der Waals surface area contributed by atoms with Gasteiger partial charge in [0, 0.05) is 23.7 Å². The van der Waals surface area contributed by atoms with E-state index in [2.05, 4.69) is 23.3 Å². The molecule has 0 aliphatic carbocycles. The number of nitrogens with one attached hydrogen (secondary N) is 1. The summed E-state index contributed by atoms with van der Waals surface area (Å²) in [5.41, 5.74) is 2.92. The predicted octanol–water partition coefficient (Wildman–Crippen LogP) is 5.28. The zero-order valence-electron chi connectivity index (χ0n) is 19.3. The number of amides is 3. The van der Waals surface area contributed by atoms with Crippen LogP contribution in [-0.2, 0) is 11.2 Å².